The van der Waals surface area contributed by atoms with Gasteiger partial charge in [-0.25, -0.2) is 0 Å². The minimum Gasteiger partial charge on any atom is -0.461 e. The smallest absolute Gasteiger partial charge is 0.303 e. The Morgan fingerprint density at radius 3 is 2.47 bits per heavy atom. The third-order valence-corrected chi connectivity index (χ3v) is 6.04. The second-order valence-corrected chi connectivity index (χ2v) is 9.46. The minimum atomic E-state index is -0.747. The Kier molecular flexibility index (Phi) is 10.9. The third-order valence-electron chi connectivity index (χ3n) is 5.60. The van der Waals surface area contributed by atoms with Crippen LogP contribution in [0.25, 0.3) is 0 Å². The molecule has 0 radical (unpaired) electrons. The van der Waals surface area contributed by atoms with E-state index in [4.69, 9.17) is 21.1 Å². The molecule has 170 valence electrons. The van der Waals surface area contributed by atoms with Gasteiger partial charge in [0.15, 0.2) is 0 Å². The second-order valence-electron chi connectivity index (χ2n) is 8.59. The molecule has 0 amide bonds. The van der Waals surface area contributed by atoms with E-state index in [1.54, 1.807) is 0 Å². The second kappa shape index (κ2) is 12.3. The summed E-state index contributed by atoms with van der Waals surface area (Å²) in [5, 5.41) is 10.7. The molecule has 0 heterocycles. The van der Waals surface area contributed by atoms with Crippen LogP contribution in [0.1, 0.15) is 73.1 Å². The van der Waals surface area contributed by atoms with Crippen molar-refractivity contribution in [1.29, 1.82) is 0 Å². The molecule has 1 aliphatic carbocycles. The zero-order chi connectivity index (χ0) is 22.9. The summed E-state index contributed by atoms with van der Waals surface area (Å²) in [5.74, 6) is -0.828. The van der Waals surface area contributed by atoms with Gasteiger partial charge >= 0.3 is 11.9 Å². The first-order valence-electron chi connectivity index (χ1n) is 10.6. The number of alkyl halides is 1. The molecule has 0 aromatic carbocycles. The number of rotatable bonds is 4. The zero-order valence-corrected chi connectivity index (χ0v) is 19.8. The fraction of sp³-hybridized carbons (Fsp3) is 0.667. The zero-order valence-electron chi connectivity index (χ0n) is 19.0. The van der Waals surface area contributed by atoms with Crippen molar-refractivity contribution in [3.05, 3.63) is 35.5 Å². The van der Waals surface area contributed by atoms with Crippen LogP contribution in [0.15, 0.2) is 35.5 Å². The molecule has 0 saturated carbocycles. The van der Waals surface area contributed by atoms with Crippen LogP contribution in [-0.2, 0) is 19.1 Å². The lowest BCUT2D eigenvalue weighted by Crippen LogP contribution is -2.34. The number of hydrogen-bond acceptors (Lipinski definition) is 5. The monoisotopic (exact) mass is 440 g/mol. The van der Waals surface area contributed by atoms with Gasteiger partial charge < -0.3 is 14.6 Å². The first-order valence-corrected chi connectivity index (χ1v) is 11.0. The van der Waals surface area contributed by atoms with Gasteiger partial charge in [0.25, 0.3) is 0 Å². The van der Waals surface area contributed by atoms with Crippen molar-refractivity contribution in [3.8, 4) is 0 Å². The van der Waals surface area contributed by atoms with Gasteiger partial charge in [0.2, 0.25) is 0 Å². The maximum absolute atomic E-state index is 11.8. The molecular formula is C24H37ClO5. The molecule has 1 N–H and O–H groups in total. The quantitative estimate of drug-likeness (QED) is 0.366. The van der Waals surface area contributed by atoms with Crippen molar-refractivity contribution in [2.45, 2.75) is 90.2 Å². The lowest BCUT2D eigenvalue weighted by atomic mass is 9.86. The van der Waals surface area contributed by atoms with Crippen LogP contribution in [0, 0.1) is 5.92 Å². The molecule has 1 aliphatic rings. The lowest BCUT2D eigenvalue weighted by molar-refractivity contribution is -0.146. The van der Waals surface area contributed by atoms with E-state index in [9.17, 15) is 14.7 Å². The first-order chi connectivity index (χ1) is 13.9. The Balaban J connectivity index is 3.31. The summed E-state index contributed by atoms with van der Waals surface area (Å²) in [4.78, 5) is 22.4. The van der Waals surface area contributed by atoms with Gasteiger partial charge in [-0.15, -0.1) is 11.6 Å². The van der Waals surface area contributed by atoms with E-state index in [1.807, 2.05) is 19.9 Å². The summed E-state index contributed by atoms with van der Waals surface area (Å²) in [6.07, 6.45) is 6.75. The molecule has 5 nitrogen and oxygen atoms in total. The van der Waals surface area contributed by atoms with Gasteiger partial charge in [-0.05, 0) is 70.9 Å². The molecule has 0 fully saturated rings. The number of aliphatic hydroxyl groups excluding tert-OH is 1. The minimum absolute atomic E-state index is 0.0595. The maximum Gasteiger partial charge on any atom is 0.303 e. The molecule has 1 rings (SSSR count). The fourth-order valence-corrected chi connectivity index (χ4v) is 3.84. The van der Waals surface area contributed by atoms with E-state index in [-0.39, 0.29) is 24.5 Å². The molecule has 0 aromatic heterocycles. The molecule has 0 bridgehead atoms. The Morgan fingerprint density at radius 1 is 1.23 bits per heavy atom. The average Bonchev–Trinajstić information content (AvgIpc) is 2.61. The van der Waals surface area contributed by atoms with E-state index in [1.165, 1.54) is 19.4 Å². The van der Waals surface area contributed by atoms with Crippen LogP contribution >= 0.6 is 11.6 Å². The Bertz CT molecular complexity index is 677. The predicted molar refractivity (Wildman–Crippen MR) is 120 cm³/mol. The van der Waals surface area contributed by atoms with Crippen molar-refractivity contribution in [2.75, 3.05) is 6.61 Å². The highest BCUT2D eigenvalue weighted by molar-refractivity contribution is 6.24. The summed E-state index contributed by atoms with van der Waals surface area (Å²) in [5.41, 5.74) is 2.95. The van der Waals surface area contributed by atoms with Crippen molar-refractivity contribution in [1.82, 2.24) is 0 Å². The standard InChI is InChI=1S/C24H37ClO5/c1-16(2)21-11-9-17(3)8-7-13-24(6,25)23(28)12-10-20(15-29-18(4)26)14-22(21)30-19(5)27/h8,14,21-23,28H,1,7,9-13,15H2,2-6H3/b17-8+,20-14+/t21-,22+,23-,24-/m1/s1. The number of ether oxygens (including phenoxy) is 2. The van der Waals surface area contributed by atoms with Gasteiger partial charge in [0, 0.05) is 19.8 Å². The van der Waals surface area contributed by atoms with Crippen molar-refractivity contribution >= 4 is 23.5 Å². The van der Waals surface area contributed by atoms with E-state index in [0.29, 0.717) is 19.3 Å². The Labute approximate surface area is 186 Å². The van der Waals surface area contributed by atoms with E-state index in [2.05, 4.69) is 19.6 Å². The number of carbonyl (C=O) groups excluding carboxylic acids is 2. The highest BCUT2D eigenvalue weighted by Crippen LogP contribution is 2.32. The van der Waals surface area contributed by atoms with E-state index >= 15 is 0 Å². The fourth-order valence-electron chi connectivity index (χ4n) is 3.62. The van der Waals surface area contributed by atoms with Gasteiger partial charge in [0.1, 0.15) is 12.7 Å². The number of hydrogen-bond donors (Lipinski definition) is 1. The molecule has 0 unspecified atom stereocenters. The van der Waals surface area contributed by atoms with Gasteiger partial charge in [-0.2, -0.15) is 0 Å². The summed E-state index contributed by atoms with van der Waals surface area (Å²) >= 11 is 6.61. The van der Waals surface area contributed by atoms with Crippen LogP contribution in [0.2, 0.25) is 0 Å². The number of carbonyl (C=O) groups is 2. The first kappa shape index (κ1) is 26.4. The van der Waals surface area contributed by atoms with Crippen LogP contribution in [0.4, 0.5) is 0 Å². The van der Waals surface area contributed by atoms with Crippen LogP contribution in [-0.4, -0.2) is 40.7 Å². The summed E-state index contributed by atoms with van der Waals surface area (Å²) < 4.78 is 10.9. The topological polar surface area (TPSA) is 72.8 Å². The normalized spacial score (nSPS) is 32.6. The number of allylic oxidation sites excluding steroid dienone is 2. The van der Waals surface area contributed by atoms with Gasteiger partial charge in [-0.3, -0.25) is 9.59 Å². The lowest BCUT2D eigenvalue weighted by Gasteiger charge is -2.29. The van der Waals surface area contributed by atoms with Crippen LogP contribution < -0.4 is 0 Å². The molecule has 0 aromatic rings. The van der Waals surface area contributed by atoms with Crippen molar-refractivity contribution < 1.29 is 24.2 Å². The number of aliphatic hydroxyl groups is 1. The van der Waals surface area contributed by atoms with Gasteiger partial charge in [0.05, 0.1) is 11.0 Å². The number of esters is 2. The van der Waals surface area contributed by atoms with Crippen LogP contribution in [0.3, 0.4) is 0 Å². The molecule has 0 aliphatic heterocycles. The van der Waals surface area contributed by atoms with Gasteiger partial charge in [-0.1, -0.05) is 23.8 Å². The maximum atomic E-state index is 11.8. The third kappa shape index (κ3) is 9.48. The molecule has 4 atom stereocenters. The summed E-state index contributed by atoms with van der Waals surface area (Å²) in [6.45, 7) is 12.8. The number of halogens is 1. The largest absolute Gasteiger partial charge is 0.461 e. The molecule has 0 spiro atoms. The Morgan fingerprint density at radius 2 is 1.90 bits per heavy atom. The molecular weight excluding hydrogens is 404 g/mol. The highest BCUT2D eigenvalue weighted by Gasteiger charge is 2.30. The average molecular weight is 441 g/mol. The SMILES string of the molecule is C=C(C)[C@H]1CC/C(C)=C/CC[C@@](C)(Cl)[C@H](O)CC/C(COC(C)=O)=C\[C@@H]1OC(C)=O. The Hall–Kier alpha value is -1.59. The highest BCUT2D eigenvalue weighted by atomic mass is 35.5. The van der Waals surface area contributed by atoms with Crippen molar-refractivity contribution in [2.24, 2.45) is 5.92 Å². The summed E-state index contributed by atoms with van der Waals surface area (Å²) in [7, 11) is 0. The molecule has 30 heavy (non-hydrogen) atoms. The van der Waals surface area contributed by atoms with E-state index in [0.717, 1.165) is 30.4 Å². The summed E-state index contributed by atoms with van der Waals surface area (Å²) in [6, 6.07) is 0. The van der Waals surface area contributed by atoms with Crippen molar-refractivity contribution in [3.63, 3.8) is 0 Å². The predicted octanol–water partition coefficient (Wildman–Crippen LogP) is 5.26. The van der Waals surface area contributed by atoms with Crippen LogP contribution in [0.5, 0.6) is 0 Å². The molecule has 0 saturated heterocycles. The molecule has 6 heteroatoms. The van der Waals surface area contributed by atoms with E-state index < -0.39 is 17.1 Å².